The van der Waals surface area contributed by atoms with E-state index in [0.29, 0.717) is 17.5 Å². The van der Waals surface area contributed by atoms with Crippen molar-refractivity contribution in [2.45, 2.75) is 72.9 Å². The zero-order valence-corrected chi connectivity index (χ0v) is 14.2. The normalized spacial score (nSPS) is 15.3. The van der Waals surface area contributed by atoms with Crippen molar-refractivity contribution in [3.8, 4) is 0 Å². The summed E-state index contributed by atoms with van der Waals surface area (Å²) in [4.78, 5) is 0. The maximum atomic E-state index is 3.89. The van der Waals surface area contributed by atoms with Gasteiger partial charge in [-0.1, -0.05) is 77.8 Å². The van der Waals surface area contributed by atoms with Crippen molar-refractivity contribution in [2.75, 3.05) is 0 Å². The highest BCUT2D eigenvalue weighted by Gasteiger charge is 2.23. The lowest BCUT2D eigenvalue weighted by Crippen LogP contribution is -2.37. The van der Waals surface area contributed by atoms with E-state index in [9.17, 15) is 0 Å². The van der Waals surface area contributed by atoms with E-state index in [0.717, 1.165) is 5.92 Å². The van der Waals surface area contributed by atoms with Crippen LogP contribution in [0.5, 0.6) is 0 Å². The van der Waals surface area contributed by atoms with Crippen LogP contribution in [0.15, 0.2) is 30.3 Å². The average Bonchev–Trinajstić information content (AvgIpc) is 2.39. The first-order valence-electron chi connectivity index (χ1n) is 8.18. The van der Waals surface area contributed by atoms with Crippen LogP contribution in [0.4, 0.5) is 0 Å². The van der Waals surface area contributed by atoms with E-state index in [-0.39, 0.29) is 0 Å². The van der Waals surface area contributed by atoms with E-state index in [1.165, 1.54) is 24.8 Å². The molecule has 1 rings (SSSR count). The standard InChI is InChI=1S/C19H33N/c1-7-16(8-2)15(3)20-18(14-19(4,5)6)17-12-10-9-11-13-17/h9-13,15-16,18,20H,7-8,14H2,1-6H3. The number of hydrogen-bond donors (Lipinski definition) is 1. The molecule has 1 aromatic rings. The Morgan fingerprint density at radius 3 is 2.00 bits per heavy atom. The molecule has 0 saturated heterocycles. The molecule has 1 nitrogen and oxygen atoms in total. The molecule has 2 atom stereocenters. The van der Waals surface area contributed by atoms with E-state index < -0.39 is 0 Å². The Morgan fingerprint density at radius 1 is 1.00 bits per heavy atom. The van der Waals surface area contributed by atoms with Gasteiger partial charge in [0.15, 0.2) is 0 Å². The number of benzene rings is 1. The fourth-order valence-electron chi connectivity index (χ4n) is 3.02. The van der Waals surface area contributed by atoms with Crippen molar-refractivity contribution in [3.05, 3.63) is 35.9 Å². The molecule has 0 aromatic heterocycles. The van der Waals surface area contributed by atoms with Crippen molar-refractivity contribution in [1.29, 1.82) is 0 Å². The minimum absolute atomic E-state index is 0.334. The minimum atomic E-state index is 0.334. The van der Waals surface area contributed by atoms with Crippen LogP contribution in [0.3, 0.4) is 0 Å². The first-order valence-corrected chi connectivity index (χ1v) is 8.18. The van der Waals surface area contributed by atoms with Crippen LogP contribution >= 0.6 is 0 Å². The van der Waals surface area contributed by atoms with Crippen LogP contribution in [0.25, 0.3) is 0 Å². The largest absolute Gasteiger partial charge is 0.307 e. The number of hydrogen-bond acceptors (Lipinski definition) is 1. The highest BCUT2D eigenvalue weighted by Crippen LogP contribution is 2.30. The van der Waals surface area contributed by atoms with Crippen LogP contribution in [0.1, 0.15) is 72.4 Å². The molecule has 0 aliphatic rings. The van der Waals surface area contributed by atoms with Crippen molar-refractivity contribution < 1.29 is 0 Å². The topological polar surface area (TPSA) is 12.0 Å². The number of rotatable bonds is 7. The third-order valence-electron chi connectivity index (χ3n) is 4.24. The summed E-state index contributed by atoms with van der Waals surface area (Å²) in [5.74, 6) is 0.765. The molecule has 0 radical (unpaired) electrons. The van der Waals surface area contributed by atoms with Gasteiger partial charge < -0.3 is 5.32 Å². The van der Waals surface area contributed by atoms with E-state index >= 15 is 0 Å². The van der Waals surface area contributed by atoms with Crippen LogP contribution in [0.2, 0.25) is 0 Å². The predicted molar refractivity (Wildman–Crippen MR) is 89.9 cm³/mol. The fraction of sp³-hybridized carbons (Fsp3) is 0.684. The summed E-state index contributed by atoms with van der Waals surface area (Å²) in [5.41, 5.74) is 1.75. The molecule has 114 valence electrons. The molecule has 0 fully saturated rings. The van der Waals surface area contributed by atoms with Crippen molar-refractivity contribution in [2.24, 2.45) is 11.3 Å². The molecule has 0 bridgehead atoms. The van der Waals surface area contributed by atoms with Gasteiger partial charge in [-0.15, -0.1) is 0 Å². The summed E-state index contributed by atoms with van der Waals surface area (Å²) < 4.78 is 0. The quantitative estimate of drug-likeness (QED) is 0.685. The second kappa shape index (κ2) is 7.83. The average molecular weight is 275 g/mol. The van der Waals surface area contributed by atoms with Gasteiger partial charge in [0.1, 0.15) is 0 Å². The van der Waals surface area contributed by atoms with Gasteiger partial charge in [0.25, 0.3) is 0 Å². The Bertz CT molecular complexity index is 359. The van der Waals surface area contributed by atoms with E-state index in [2.05, 4.69) is 77.2 Å². The smallest absolute Gasteiger partial charge is 0.0327 e. The molecule has 0 aliphatic heterocycles. The van der Waals surface area contributed by atoms with E-state index in [1.54, 1.807) is 0 Å². The monoisotopic (exact) mass is 275 g/mol. The maximum Gasteiger partial charge on any atom is 0.0327 e. The van der Waals surface area contributed by atoms with Gasteiger partial charge in [-0.05, 0) is 30.2 Å². The molecular formula is C19H33N. The van der Waals surface area contributed by atoms with Gasteiger partial charge in [0.2, 0.25) is 0 Å². The number of nitrogens with one attached hydrogen (secondary N) is 1. The Kier molecular flexibility index (Phi) is 6.75. The molecule has 2 unspecified atom stereocenters. The summed E-state index contributed by atoms with van der Waals surface area (Å²) in [5, 5.41) is 3.89. The van der Waals surface area contributed by atoms with Gasteiger partial charge >= 0.3 is 0 Å². The van der Waals surface area contributed by atoms with Gasteiger partial charge in [-0.25, -0.2) is 0 Å². The highest BCUT2D eigenvalue weighted by atomic mass is 15.0. The van der Waals surface area contributed by atoms with E-state index in [4.69, 9.17) is 0 Å². The molecule has 0 aliphatic carbocycles. The lowest BCUT2D eigenvalue weighted by atomic mass is 9.84. The Morgan fingerprint density at radius 2 is 1.55 bits per heavy atom. The van der Waals surface area contributed by atoms with Gasteiger partial charge in [-0.2, -0.15) is 0 Å². The Hall–Kier alpha value is -0.820. The summed E-state index contributed by atoms with van der Waals surface area (Å²) in [6.45, 7) is 13.9. The lowest BCUT2D eigenvalue weighted by molar-refractivity contribution is 0.261. The lowest BCUT2D eigenvalue weighted by Gasteiger charge is -2.32. The molecule has 0 spiro atoms. The molecular weight excluding hydrogens is 242 g/mol. The van der Waals surface area contributed by atoms with Crippen LogP contribution in [0, 0.1) is 11.3 Å². The van der Waals surface area contributed by atoms with Gasteiger partial charge in [0, 0.05) is 12.1 Å². The third-order valence-corrected chi connectivity index (χ3v) is 4.24. The molecule has 0 heterocycles. The molecule has 1 N–H and O–H groups in total. The zero-order chi connectivity index (χ0) is 15.2. The SMILES string of the molecule is CCC(CC)C(C)NC(CC(C)(C)C)c1ccccc1. The highest BCUT2D eigenvalue weighted by molar-refractivity contribution is 5.19. The predicted octanol–water partition coefficient (Wildman–Crippen LogP) is 5.58. The van der Waals surface area contributed by atoms with Gasteiger partial charge in [-0.3, -0.25) is 0 Å². The van der Waals surface area contributed by atoms with Crippen molar-refractivity contribution in [1.82, 2.24) is 5.32 Å². The summed E-state index contributed by atoms with van der Waals surface area (Å²) in [7, 11) is 0. The molecule has 20 heavy (non-hydrogen) atoms. The Labute approximate surface area is 126 Å². The van der Waals surface area contributed by atoms with Gasteiger partial charge in [0.05, 0.1) is 0 Å². The zero-order valence-electron chi connectivity index (χ0n) is 14.2. The summed E-state index contributed by atoms with van der Waals surface area (Å²) in [6.07, 6.45) is 3.67. The molecule has 0 amide bonds. The minimum Gasteiger partial charge on any atom is -0.307 e. The molecule has 1 heteroatoms. The van der Waals surface area contributed by atoms with Crippen LogP contribution in [-0.2, 0) is 0 Å². The second-order valence-corrected chi connectivity index (χ2v) is 7.26. The second-order valence-electron chi connectivity index (χ2n) is 7.26. The molecule has 0 saturated carbocycles. The third kappa shape index (κ3) is 5.66. The summed E-state index contributed by atoms with van der Waals surface area (Å²) >= 11 is 0. The fourth-order valence-corrected chi connectivity index (χ4v) is 3.02. The maximum absolute atomic E-state index is 3.89. The van der Waals surface area contributed by atoms with Crippen molar-refractivity contribution in [3.63, 3.8) is 0 Å². The first kappa shape index (κ1) is 17.2. The summed E-state index contributed by atoms with van der Waals surface area (Å²) in [6, 6.07) is 11.9. The van der Waals surface area contributed by atoms with Crippen LogP contribution < -0.4 is 5.32 Å². The van der Waals surface area contributed by atoms with Crippen LogP contribution in [-0.4, -0.2) is 6.04 Å². The van der Waals surface area contributed by atoms with Crippen molar-refractivity contribution >= 4 is 0 Å². The van der Waals surface area contributed by atoms with E-state index in [1.807, 2.05) is 0 Å². The Balaban J connectivity index is 2.83. The molecule has 1 aromatic carbocycles. The first-order chi connectivity index (χ1) is 9.37.